The molecule has 0 bridgehead atoms. The molecular formula is C19H38IN7O. The summed E-state index contributed by atoms with van der Waals surface area (Å²) in [6, 6.07) is 0.571. The van der Waals surface area contributed by atoms with Crippen LogP contribution in [0.25, 0.3) is 0 Å². The Morgan fingerprint density at radius 3 is 2.86 bits per heavy atom. The van der Waals surface area contributed by atoms with Crippen LogP contribution in [-0.2, 0) is 17.7 Å². The molecule has 28 heavy (non-hydrogen) atoms. The van der Waals surface area contributed by atoms with E-state index in [9.17, 15) is 0 Å². The Labute approximate surface area is 186 Å². The smallest absolute Gasteiger partial charge is 0.191 e. The SMILES string of the molecule is CCOCCCNC(=NCC1CCCN1CC)NCCn1cnnc1CC.I. The fourth-order valence-corrected chi connectivity index (χ4v) is 3.45. The number of likely N-dealkylation sites (tertiary alicyclic amines) is 1. The molecule has 0 saturated carbocycles. The number of rotatable bonds is 12. The van der Waals surface area contributed by atoms with Crippen LogP contribution in [0.4, 0.5) is 0 Å². The van der Waals surface area contributed by atoms with Crippen molar-refractivity contribution in [2.45, 2.75) is 59.0 Å². The van der Waals surface area contributed by atoms with Crippen molar-refractivity contribution >= 4 is 29.9 Å². The lowest BCUT2D eigenvalue weighted by Crippen LogP contribution is -2.41. The molecule has 162 valence electrons. The van der Waals surface area contributed by atoms with Gasteiger partial charge in [0.25, 0.3) is 0 Å². The van der Waals surface area contributed by atoms with Gasteiger partial charge in [-0.25, -0.2) is 0 Å². The molecule has 0 spiro atoms. The van der Waals surface area contributed by atoms with E-state index in [1.54, 1.807) is 6.33 Å². The van der Waals surface area contributed by atoms with Gasteiger partial charge in [0.05, 0.1) is 6.54 Å². The number of hydrogen-bond acceptors (Lipinski definition) is 5. The van der Waals surface area contributed by atoms with Crippen LogP contribution in [0.15, 0.2) is 11.3 Å². The fraction of sp³-hybridized carbons (Fsp3) is 0.842. The van der Waals surface area contributed by atoms with Gasteiger partial charge in [0.15, 0.2) is 5.96 Å². The lowest BCUT2D eigenvalue weighted by molar-refractivity contribution is 0.145. The van der Waals surface area contributed by atoms with Gasteiger partial charge in [-0.15, -0.1) is 34.2 Å². The molecule has 1 atom stereocenters. The Bertz CT molecular complexity index is 552. The summed E-state index contributed by atoms with van der Waals surface area (Å²) in [6.07, 6.45) is 6.20. The van der Waals surface area contributed by atoms with Crippen LogP contribution in [0.1, 0.15) is 45.9 Å². The summed E-state index contributed by atoms with van der Waals surface area (Å²) in [5.41, 5.74) is 0. The minimum Gasteiger partial charge on any atom is -0.382 e. The molecule has 1 fully saturated rings. The minimum absolute atomic E-state index is 0. The first-order valence-electron chi connectivity index (χ1n) is 10.5. The number of nitrogens with one attached hydrogen (secondary N) is 2. The van der Waals surface area contributed by atoms with E-state index in [0.717, 1.165) is 70.6 Å². The molecule has 2 heterocycles. The van der Waals surface area contributed by atoms with Crippen molar-refractivity contribution in [1.82, 2.24) is 30.3 Å². The second kappa shape index (κ2) is 15.0. The lowest BCUT2D eigenvalue weighted by atomic mass is 10.2. The van der Waals surface area contributed by atoms with E-state index in [1.807, 2.05) is 6.92 Å². The number of ether oxygens (including phenoxy) is 1. The van der Waals surface area contributed by atoms with Crippen LogP contribution in [0.2, 0.25) is 0 Å². The average molecular weight is 507 g/mol. The third-order valence-electron chi connectivity index (χ3n) is 4.98. The van der Waals surface area contributed by atoms with Gasteiger partial charge in [0.2, 0.25) is 0 Å². The topological polar surface area (TPSA) is 79.6 Å². The predicted octanol–water partition coefficient (Wildman–Crippen LogP) is 1.90. The molecule has 0 aromatic carbocycles. The van der Waals surface area contributed by atoms with E-state index in [0.29, 0.717) is 6.04 Å². The van der Waals surface area contributed by atoms with Gasteiger partial charge in [-0.1, -0.05) is 13.8 Å². The van der Waals surface area contributed by atoms with Crippen LogP contribution >= 0.6 is 24.0 Å². The number of aromatic nitrogens is 3. The summed E-state index contributed by atoms with van der Waals surface area (Å²) < 4.78 is 7.51. The maximum atomic E-state index is 5.42. The first-order chi connectivity index (χ1) is 13.3. The van der Waals surface area contributed by atoms with Crippen LogP contribution in [-0.4, -0.2) is 77.6 Å². The summed E-state index contributed by atoms with van der Waals surface area (Å²) >= 11 is 0. The molecule has 0 amide bonds. The van der Waals surface area contributed by atoms with Crippen LogP contribution in [0.5, 0.6) is 0 Å². The van der Waals surface area contributed by atoms with Gasteiger partial charge in [-0.05, 0) is 39.3 Å². The van der Waals surface area contributed by atoms with E-state index >= 15 is 0 Å². The molecule has 1 saturated heterocycles. The normalized spacial score (nSPS) is 17.5. The van der Waals surface area contributed by atoms with Crippen LogP contribution < -0.4 is 10.6 Å². The molecule has 8 nitrogen and oxygen atoms in total. The second-order valence-corrected chi connectivity index (χ2v) is 6.81. The Morgan fingerprint density at radius 1 is 1.29 bits per heavy atom. The van der Waals surface area contributed by atoms with Gasteiger partial charge < -0.3 is 19.9 Å². The zero-order valence-electron chi connectivity index (χ0n) is 17.7. The highest BCUT2D eigenvalue weighted by molar-refractivity contribution is 14.0. The Kier molecular flexibility index (Phi) is 13.4. The highest BCUT2D eigenvalue weighted by Gasteiger charge is 2.22. The zero-order valence-corrected chi connectivity index (χ0v) is 20.0. The quantitative estimate of drug-likeness (QED) is 0.195. The molecule has 1 aliphatic heterocycles. The van der Waals surface area contributed by atoms with Crippen LogP contribution in [0.3, 0.4) is 0 Å². The minimum atomic E-state index is 0. The summed E-state index contributed by atoms with van der Waals surface area (Å²) in [5.74, 6) is 1.91. The molecule has 1 aromatic rings. The first-order valence-corrected chi connectivity index (χ1v) is 10.5. The number of hydrogen-bond donors (Lipinski definition) is 2. The second-order valence-electron chi connectivity index (χ2n) is 6.81. The maximum absolute atomic E-state index is 5.42. The van der Waals surface area contributed by atoms with Crippen molar-refractivity contribution in [2.75, 3.05) is 45.9 Å². The molecule has 1 aromatic heterocycles. The number of nitrogens with zero attached hydrogens (tertiary/aromatic N) is 5. The fourth-order valence-electron chi connectivity index (χ4n) is 3.45. The van der Waals surface area contributed by atoms with Gasteiger partial charge >= 0.3 is 0 Å². The van der Waals surface area contributed by atoms with Crippen molar-refractivity contribution in [2.24, 2.45) is 4.99 Å². The van der Waals surface area contributed by atoms with E-state index < -0.39 is 0 Å². The predicted molar refractivity (Wildman–Crippen MR) is 125 cm³/mol. The van der Waals surface area contributed by atoms with Crippen molar-refractivity contribution in [1.29, 1.82) is 0 Å². The van der Waals surface area contributed by atoms with Crippen LogP contribution in [0, 0.1) is 0 Å². The van der Waals surface area contributed by atoms with E-state index in [1.165, 1.54) is 19.4 Å². The summed E-state index contributed by atoms with van der Waals surface area (Å²) in [7, 11) is 0. The van der Waals surface area contributed by atoms with Gasteiger partial charge in [0.1, 0.15) is 12.2 Å². The third kappa shape index (κ3) is 8.60. The van der Waals surface area contributed by atoms with Crippen molar-refractivity contribution < 1.29 is 4.74 Å². The van der Waals surface area contributed by atoms with E-state index in [2.05, 4.69) is 44.1 Å². The molecule has 2 rings (SSSR count). The Balaban J connectivity index is 0.00000392. The van der Waals surface area contributed by atoms with Gasteiger partial charge in [-0.2, -0.15) is 0 Å². The average Bonchev–Trinajstić information content (AvgIpc) is 3.33. The highest BCUT2D eigenvalue weighted by Crippen LogP contribution is 2.16. The molecule has 2 N–H and O–H groups in total. The molecule has 0 aliphatic carbocycles. The zero-order chi connectivity index (χ0) is 19.3. The summed E-state index contributed by atoms with van der Waals surface area (Å²) in [6.45, 7) is 13.6. The summed E-state index contributed by atoms with van der Waals surface area (Å²) in [5, 5.41) is 15.0. The molecular weight excluding hydrogens is 469 g/mol. The number of aryl methyl sites for hydroxylation is 1. The highest BCUT2D eigenvalue weighted by atomic mass is 127. The summed E-state index contributed by atoms with van der Waals surface area (Å²) in [4.78, 5) is 7.38. The monoisotopic (exact) mass is 507 g/mol. The van der Waals surface area contributed by atoms with Crippen molar-refractivity contribution in [3.63, 3.8) is 0 Å². The van der Waals surface area contributed by atoms with Gasteiger partial charge in [0, 0.05) is 45.3 Å². The Morgan fingerprint density at radius 2 is 2.11 bits per heavy atom. The molecule has 0 radical (unpaired) electrons. The third-order valence-corrected chi connectivity index (χ3v) is 4.98. The lowest BCUT2D eigenvalue weighted by Gasteiger charge is -2.21. The van der Waals surface area contributed by atoms with E-state index in [-0.39, 0.29) is 24.0 Å². The first kappa shape index (κ1) is 25.1. The number of halogens is 1. The standard InChI is InChI=1S/C19H37N7O.HI/c1-4-18-24-23-16-26(18)13-11-21-19(20-10-8-14-27-6-3)22-15-17-9-7-12-25(17)5-2;/h16-17H,4-15H2,1-3H3,(H2,20,21,22);1H. The van der Waals surface area contributed by atoms with Crippen molar-refractivity contribution in [3.8, 4) is 0 Å². The van der Waals surface area contributed by atoms with Crippen molar-refractivity contribution in [3.05, 3.63) is 12.2 Å². The number of guanidine groups is 1. The van der Waals surface area contributed by atoms with Gasteiger partial charge in [-0.3, -0.25) is 9.89 Å². The largest absolute Gasteiger partial charge is 0.382 e. The molecule has 9 heteroatoms. The molecule has 1 aliphatic rings. The maximum Gasteiger partial charge on any atom is 0.191 e. The molecule has 1 unspecified atom stereocenters. The Hall–Kier alpha value is -0.940. The number of likely N-dealkylation sites (N-methyl/N-ethyl adjacent to an activating group) is 1. The van der Waals surface area contributed by atoms with E-state index in [4.69, 9.17) is 9.73 Å². The number of aliphatic imine (C=N–C) groups is 1.